The van der Waals surface area contributed by atoms with E-state index in [0.29, 0.717) is 11.5 Å². The van der Waals surface area contributed by atoms with Crippen molar-refractivity contribution in [2.45, 2.75) is 58.9 Å². The highest BCUT2D eigenvalue weighted by molar-refractivity contribution is 5.35. The first-order chi connectivity index (χ1) is 8.48. The van der Waals surface area contributed by atoms with Crippen LogP contribution in [0.2, 0.25) is 0 Å². The van der Waals surface area contributed by atoms with Crippen LogP contribution in [-0.2, 0) is 19.3 Å². The van der Waals surface area contributed by atoms with Gasteiger partial charge in [0.05, 0.1) is 0 Å². The van der Waals surface area contributed by atoms with Crippen LogP contribution in [0.4, 0.5) is 0 Å². The fraction of sp³-hybridized carbons (Fsp3) is 0.625. The minimum atomic E-state index is 0.313. The van der Waals surface area contributed by atoms with Crippen molar-refractivity contribution in [3.8, 4) is 0 Å². The third-order valence-corrected chi connectivity index (χ3v) is 3.74. The SMILES string of the molecule is CC(C)(C)CC(Cc1ccc2c(c1)CCC2)NN. The molecule has 1 aromatic rings. The maximum atomic E-state index is 5.69. The van der Waals surface area contributed by atoms with Crippen LogP contribution in [0.25, 0.3) is 0 Å². The van der Waals surface area contributed by atoms with E-state index in [1.54, 1.807) is 11.1 Å². The first-order valence-electron chi connectivity index (χ1n) is 7.05. The molecule has 0 saturated carbocycles. The first-order valence-corrected chi connectivity index (χ1v) is 7.05. The molecule has 1 aliphatic rings. The number of nitrogens with two attached hydrogens (primary N) is 1. The summed E-state index contributed by atoms with van der Waals surface area (Å²) in [4.78, 5) is 0. The maximum absolute atomic E-state index is 5.69. The highest BCUT2D eigenvalue weighted by Crippen LogP contribution is 2.25. The highest BCUT2D eigenvalue weighted by Gasteiger charge is 2.19. The average molecular weight is 246 g/mol. The molecule has 0 bridgehead atoms. The molecule has 0 heterocycles. The van der Waals surface area contributed by atoms with Crippen LogP contribution in [0.3, 0.4) is 0 Å². The van der Waals surface area contributed by atoms with Crippen LogP contribution < -0.4 is 11.3 Å². The summed E-state index contributed by atoms with van der Waals surface area (Å²) in [6.45, 7) is 6.79. The lowest BCUT2D eigenvalue weighted by molar-refractivity contribution is 0.308. The third kappa shape index (κ3) is 3.56. The highest BCUT2D eigenvalue weighted by atomic mass is 15.2. The van der Waals surface area contributed by atoms with Gasteiger partial charge in [-0.2, -0.15) is 0 Å². The van der Waals surface area contributed by atoms with E-state index in [4.69, 9.17) is 5.84 Å². The zero-order valence-corrected chi connectivity index (χ0v) is 11.9. The zero-order chi connectivity index (χ0) is 13.2. The molecule has 0 aromatic heterocycles. The Morgan fingerprint density at radius 1 is 1.22 bits per heavy atom. The molecule has 1 atom stereocenters. The van der Waals surface area contributed by atoms with Gasteiger partial charge in [-0.3, -0.25) is 11.3 Å². The van der Waals surface area contributed by atoms with Crippen molar-refractivity contribution in [1.29, 1.82) is 0 Å². The van der Waals surface area contributed by atoms with Crippen molar-refractivity contribution in [2.75, 3.05) is 0 Å². The predicted molar refractivity (Wildman–Crippen MR) is 77.4 cm³/mol. The first kappa shape index (κ1) is 13.6. The Morgan fingerprint density at radius 2 is 1.94 bits per heavy atom. The van der Waals surface area contributed by atoms with Crippen molar-refractivity contribution >= 4 is 0 Å². The summed E-state index contributed by atoms with van der Waals surface area (Å²) in [7, 11) is 0. The molecule has 18 heavy (non-hydrogen) atoms. The summed E-state index contributed by atoms with van der Waals surface area (Å²) in [6.07, 6.45) is 5.96. The predicted octanol–water partition coefficient (Wildman–Crippen LogP) is 2.99. The molecule has 0 radical (unpaired) electrons. The quantitative estimate of drug-likeness (QED) is 0.633. The van der Waals surface area contributed by atoms with E-state index < -0.39 is 0 Å². The van der Waals surface area contributed by atoms with Gasteiger partial charge in [-0.25, -0.2) is 0 Å². The molecular formula is C16H26N2. The largest absolute Gasteiger partial charge is 0.271 e. The molecule has 2 rings (SSSR count). The molecule has 1 unspecified atom stereocenters. The number of hydrogen-bond donors (Lipinski definition) is 2. The average Bonchev–Trinajstić information content (AvgIpc) is 2.73. The van der Waals surface area contributed by atoms with E-state index in [1.165, 1.54) is 24.8 Å². The molecule has 100 valence electrons. The summed E-state index contributed by atoms with van der Waals surface area (Å²) in [5.41, 5.74) is 7.81. The summed E-state index contributed by atoms with van der Waals surface area (Å²) in [5, 5.41) is 0. The third-order valence-electron chi connectivity index (χ3n) is 3.74. The van der Waals surface area contributed by atoms with Crippen molar-refractivity contribution < 1.29 is 0 Å². The van der Waals surface area contributed by atoms with Gasteiger partial charge in [0.15, 0.2) is 0 Å². The summed E-state index contributed by atoms with van der Waals surface area (Å²) in [5.74, 6) is 5.69. The van der Waals surface area contributed by atoms with E-state index in [9.17, 15) is 0 Å². The molecule has 0 fully saturated rings. The van der Waals surface area contributed by atoms with Crippen LogP contribution >= 0.6 is 0 Å². The number of hydrogen-bond acceptors (Lipinski definition) is 2. The zero-order valence-electron chi connectivity index (χ0n) is 11.9. The van der Waals surface area contributed by atoms with Crippen LogP contribution in [0.5, 0.6) is 0 Å². The molecule has 0 saturated heterocycles. The maximum Gasteiger partial charge on any atom is 0.0255 e. The van der Waals surface area contributed by atoms with Gasteiger partial charge in [0.25, 0.3) is 0 Å². The molecule has 1 aliphatic carbocycles. The van der Waals surface area contributed by atoms with Crippen molar-refractivity contribution in [1.82, 2.24) is 5.43 Å². The summed E-state index contributed by atoms with van der Waals surface area (Å²) >= 11 is 0. The topological polar surface area (TPSA) is 38.0 Å². The number of benzene rings is 1. The fourth-order valence-electron chi connectivity index (χ4n) is 2.97. The van der Waals surface area contributed by atoms with Gasteiger partial charge in [-0.05, 0) is 54.2 Å². The van der Waals surface area contributed by atoms with Gasteiger partial charge in [-0.15, -0.1) is 0 Å². The number of fused-ring (bicyclic) bond motifs is 1. The van der Waals surface area contributed by atoms with E-state index in [1.807, 2.05) is 0 Å². The summed E-state index contributed by atoms with van der Waals surface area (Å²) in [6, 6.07) is 7.33. The Labute approximate surface area is 111 Å². The van der Waals surface area contributed by atoms with Crippen LogP contribution in [0.15, 0.2) is 18.2 Å². The molecule has 2 heteroatoms. The lowest BCUT2D eigenvalue weighted by Crippen LogP contribution is -2.39. The van der Waals surface area contributed by atoms with E-state index in [2.05, 4.69) is 44.4 Å². The minimum Gasteiger partial charge on any atom is -0.271 e. The molecule has 0 spiro atoms. The number of aryl methyl sites for hydroxylation is 2. The van der Waals surface area contributed by atoms with Gasteiger partial charge in [0, 0.05) is 6.04 Å². The van der Waals surface area contributed by atoms with Gasteiger partial charge < -0.3 is 0 Å². The Bertz CT molecular complexity index is 404. The molecular weight excluding hydrogens is 220 g/mol. The second-order valence-corrected chi connectivity index (χ2v) is 6.79. The molecule has 3 N–H and O–H groups in total. The van der Waals surface area contributed by atoms with Crippen molar-refractivity contribution in [3.63, 3.8) is 0 Å². The van der Waals surface area contributed by atoms with E-state index in [-0.39, 0.29) is 0 Å². The standard InChI is InChI=1S/C16H26N2/c1-16(2,3)11-15(18-17)10-12-7-8-13-5-4-6-14(13)9-12/h7-9,15,18H,4-6,10-11,17H2,1-3H3. The molecule has 0 aliphatic heterocycles. The van der Waals surface area contributed by atoms with Gasteiger partial charge in [0.1, 0.15) is 0 Å². The second-order valence-electron chi connectivity index (χ2n) is 6.79. The second kappa shape index (κ2) is 5.41. The minimum absolute atomic E-state index is 0.313. The number of nitrogens with one attached hydrogen (secondary N) is 1. The van der Waals surface area contributed by atoms with E-state index >= 15 is 0 Å². The fourth-order valence-corrected chi connectivity index (χ4v) is 2.97. The number of hydrazine groups is 1. The Hall–Kier alpha value is -0.860. The van der Waals surface area contributed by atoms with E-state index in [0.717, 1.165) is 12.8 Å². The molecule has 1 aromatic carbocycles. The monoisotopic (exact) mass is 246 g/mol. The van der Waals surface area contributed by atoms with Gasteiger partial charge in [-0.1, -0.05) is 39.0 Å². The van der Waals surface area contributed by atoms with Gasteiger partial charge >= 0.3 is 0 Å². The van der Waals surface area contributed by atoms with Crippen molar-refractivity contribution in [2.24, 2.45) is 11.3 Å². The summed E-state index contributed by atoms with van der Waals surface area (Å²) < 4.78 is 0. The van der Waals surface area contributed by atoms with Crippen LogP contribution in [0.1, 0.15) is 50.3 Å². The Kier molecular flexibility index (Phi) is 4.08. The number of rotatable bonds is 4. The molecule has 2 nitrogen and oxygen atoms in total. The lowest BCUT2D eigenvalue weighted by atomic mass is 9.86. The smallest absolute Gasteiger partial charge is 0.0255 e. The Morgan fingerprint density at radius 3 is 2.61 bits per heavy atom. The lowest BCUT2D eigenvalue weighted by Gasteiger charge is -2.25. The normalized spacial score (nSPS) is 16.7. The van der Waals surface area contributed by atoms with Gasteiger partial charge in [0.2, 0.25) is 0 Å². The van der Waals surface area contributed by atoms with Crippen molar-refractivity contribution in [3.05, 3.63) is 34.9 Å². The van der Waals surface area contributed by atoms with Crippen LogP contribution in [0, 0.1) is 5.41 Å². The molecule has 0 amide bonds. The Balaban J connectivity index is 2.03. The van der Waals surface area contributed by atoms with Crippen LogP contribution in [-0.4, -0.2) is 6.04 Å².